The van der Waals surface area contributed by atoms with Gasteiger partial charge in [0.05, 0.1) is 0 Å². The maximum absolute atomic E-state index is 12.3. The van der Waals surface area contributed by atoms with Crippen LogP contribution in [0.25, 0.3) is 0 Å². The predicted molar refractivity (Wildman–Crippen MR) is 95.8 cm³/mol. The molecule has 8 nitrogen and oxygen atoms in total. The number of rotatable bonds is 5. The summed E-state index contributed by atoms with van der Waals surface area (Å²) in [5.41, 5.74) is 2.60. The van der Waals surface area contributed by atoms with Gasteiger partial charge in [-0.15, -0.1) is 0 Å². The largest absolute Gasteiger partial charge is 0.324 e. The molecule has 0 amide bonds. The second-order valence-corrected chi connectivity index (χ2v) is 8.40. The molecule has 25 heavy (non-hydrogen) atoms. The van der Waals surface area contributed by atoms with Crippen LogP contribution in [0, 0.1) is 6.92 Å². The van der Waals surface area contributed by atoms with Gasteiger partial charge in [0.15, 0.2) is 0 Å². The van der Waals surface area contributed by atoms with Gasteiger partial charge in [-0.2, -0.15) is 17.0 Å². The van der Waals surface area contributed by atoms with Gasteiger partial charge in [-0.1, -0.05) is 0 Å². The number of nitrogens with one attached hydrogen (secondary N) is 1. The highest BCUT2D eigenvalue weighted by atomic mass is 32.2. The monoisotopic (exact) mass is 362 g/mol. The molecule has 0 aromatic carbocycles. The van der Waals surface area contributed by atoms with Gasteiger partial charge < -0.3 is 5.32 Å². The number of hydrogen-bond acceptors (Lipinski definition) is 6. The van der Waals surface area contributed by atoms with Crippen LogP contribution in [-0.2, 0) is 10.2 Å². The SMILES string of the molecule is Cc1cc(Nc2ncccn2)cc([C@@H]2CCN(S(=O)(=O)N(C)C)C2)n1. The molecular weight excluding hydrogens is 340 g/mol. The molecule has 1 N–H and O–H groups in total. The standard InChI is InChI=1S/C16H22N6O2S/c1-12-9-14(20-16-17-6-4-7-18-16)10-15(19-12)13-5-8-22(11-13)25(23,24)21(2)3/h4,6-7,9-10,13H,5,8,11H2,1-3H3,(H,17,18,19,20)/t13-/m1/s1. The maximum atomic E-state index is 12.3. The van der Waals surface area contributed by atoms with Crippen molar-refractivity contribution in [2.45, 2.75) is 19.3 Å². The first-order chi connectivity index (χ1) is 11.9. The van der Waals surface area contributed by atoms with Gasteiger partial charge in [-0.05, 0) is 31.5 Å². The number of nitrogens with zero attached hydrogens (tertiary/aromatic N) is 5. The Bertz CT molecular complexity index is 841. The van der Waals surface area contributed by atoms with Gasteiger partial charge in [0.2, 0.25) is 5.95 Å². The van der Waals surface area contributed by atoms with E-state index in [2.05, 4.69) is 20.3 Å². The molecule has 0 bridgehead atoms. The Morgan fingerprint density at radius 2 is 1.96 bits per heavy atom. The number of pyridine rings is 1. The van der Waals surface area contributed by atoms with Gasteiger partial charge in [-0.25, -0.2) is 9.97 Å². The summed E-state index contributed by atoms with van der Waals surface area (Å²) in [6.07, 6.45) is 4.10. The first-order valence-electron chi connectivity index (χ1n) is 8.06. The lowest BCUT2D eigenvalue weighted by atomic mass is 10.0. The second-order valence-electron chi connectivity index (χ2n) is 6.25. The van der Waals surface area contributed by atoms with E-state index in [9.17, 15) is 8.42 Å². The van der Waals surface area contributed by atoms with E-state index in [4.69, 9.17) is 0 Å². The van der Waals surface area contributed by atoms with Crippen LogP contribution >= 0.6 is 0 Å². The molecule has 0 spiro atoms. The highest BCUT2D eigenvalue weighted by Gasteiger charge is 2.34. The third kappa shape index (κ3) is 3.94. The predicted octanol–water partition coefficient (Wildman–Crippen LogP) is 1.52. The Morgan fingerprint density at radius 3 is 2.64 bits per heavy atom. The van der Waals surface area contributed by atoms with Crippen LogP contribution in [0.15, 0.2) is 30.6 Å². The van der Waals surface area contributed by atoms with Crippen LogP contribution in [0.1, 0.15) is 23.7 Å². The first-order valence-corrected chi connectivity index (χ1v) is 9.46. The molecule has 2 aromatic heterocycles. The zero-order valence-electron chi connectivity index (χ0n) is 14.5. The molecule has 1 aliphatic rings. The molecule has 0 saturated carbocycles. The summed E-state index contributed by atoms with van der Waals surface area (Å²) in [6.45, 7) is 2.87. The fourth-order valence-corrected chi connectivity index (χ4v) is 4.04. The molecule has 1 saturated heterocycles. The van der Waals surface area contributed by atoms with Gasteiger partial charge in [0.1, 0.15) is 0 Å². The lowest BCUT2D eigenvalue weighted by Gasteiger charge is -2.21. The van der Waals surface area contributed by atoms with Crippen LogP contribution in [0.4, 0.5) is 11.6 Å². The number of hydrogen-bond donors (Lipinski definition) is 1. The van der Waals surface area contributed by atoms with E-state index >= 15 is 0 Å². The average molecular weight is 362 g/mol. The number of aryl methyl sites for hydroxylation is 1. The van der Waals surface area contributed by atoms with Crippen LogP contribution in [0.2, 0.25) is 0 Å². The first kappa shape index (κ1) is 17.7. The zero-order chi connectivity index (χ0) is 18.0. The van der Waals surface area contributed by atoms with Crippen molar-refractivity contribution in [2.75, 3.05) is 32.5 Å². The van der Waals surface area contributed by atoms with E-state index in [1.165, 1.54) is 8.61 Å². The molecular formula is C16H22N6O2S. The van der Waals surface area contributed by atoms with E-state index < -0.39 is 10.2 Å². The fourth-order valence-electron chi connectivity index (χ4n) is 2.88. The Balaban J connectivity index is 1.79. The smallest absolute Gasteiger partial charge is 0.281 e. The molecule has 134 valence electrons. The minimum Gasteiger partial charge on any atom is -0.324 e. The van der Waals surface area contributed by atoms with Crippen molar-refractivity contribution in [2.24, 2.45) is 0 Å². The lowest BCUT2D eigenvalue weighted by Crippen LogP contribution is -2.38. The summed E-state index contributed by atoms with van der Waals surface area (Å²) in [5.74, 6) is 0.592. The van der Waals surface area contributed by atoms with E-state index in [0.29, 0.717) is 19.0 Å². The summed E-state index contributed by atoms with van der Waals surface area (Å²) in [5, 5.41) is 3.17. The Labute approximate surface area is 148 Å². The van der Waals surface area contributed by atoms with Crippen LogP contribution in [0.5, 0.6) is 0 Å². The van der Waals surface area contributed by atoms with Crippen molar-refractivity contribution in [3.8, 4) is 0 Å². The molecule has 0 aliphatic carbocycles. The van der Waals surface area contributed by atoms with E-state index in [1.54, 1.807) is 32.6 Å². The van der Waals surface area contributed by atoms with E-state index in [-0.39, 0.29) is 5.92 Å². The molecule has 0 radical (unpaired) electrons. The Hall–Kier alpha value is -2.10. The molecule has 0 unspecified atom stereocenters. The lowest BCUT2D eigenvalue weighted by molar-refractivity contribution is 0.418. The second kappa shape index (κ2) is 7.03. The Morgan fingerprint density at radius 1 is 1.24 bits per heavy atom. The normalized spacial score (nSPS) is 18.6. The molecule has 1 aliphatic heterocycles. The average Bonchev–Trinajstić information content (AvgIpc) is 3.06. The highest BCUT2D eigenvalue weighted by molar-refractivity contribution is 7.86. The van der Waals surface area contributed by atoms with Gasteiger partial charge in [0, 0.05) is 62.6 Å². The molecule has 3 heterocycles. The minimum atomic E-state index is -3.38. The van der Waals surface area contributed by atoms with Gasteiger partial charge >= 0.3 is 0 Å². The zero-order valence-corrected chi connectivity index (χ0v) is 15.4. The van der Waals surface area contributed by atoms with E-state index in [0.717, 1.165) is 23.5 Å². The number of aromatic nitrogens is 3. The van der Waals surface area contributed by atoms with Crippen LogP contribution in [0.3, 0.4) is 0 Å². The molecule has 2 aromatic rings. The van der Waals surface area contributed by atoms with Crippen molar-refractivity contribution in [3.63, 3.8) is 0 Å². The molecule has 9 heteroatoms. The third-order valence-corrected chi connectivity index (χ3v) is 6.06. The maximum Gasteiger partial charge on any atom is 0.281 e. The molecule has 1 atom stereocenters. The number of anilines is 2. The van der Waals surface area contributed by atoms with Crippen molar-refractivity contribution >= 4 is 21.8 Å². The summed E-state index contributed by atoms with van der Waals surface area (Å²) in [6, 6.07) is 5.62. The van der Waals surface area contributed by atoms with E-state index in [1.807, 2.05) is 19.1 Å². The summed E-state index contributed by atoms with van der Waals surface area (Å²) < 4.78 is 27.3. The van der Waals surface area contributed by atoms with Crippen LogP contribution < -0.4 is 5.32 Å². The highest BCUT2D eigenvalue weighted by Crippen LogP contribution is 2.30. The van der Waals surface area contributed by atoms with Crippen LogP contribution in [-0.4, -0.2) is 59.2 Å². The quantitative estimate of drug-likeness (QED) is 0.867. The van der Waals surface area contributed by atoms with Crippen molar-refractivity contribution in [1.82, 2.24) is 23.6 Å². The topological polar surface area (TPSA) is 91.3 Å². The third-order valence-electron chi connectivity index (χ3n) is 4.15. The summed E-state index contributed by atoms with van der Waals surface area (Å²) in [7, 11) is -0.281. The van der Waals surface area contributed by atoms with Gasteiger partial charge in [0.25, 0.3) is 10.2 Å². The summed E-state index contributed by atoms with van der Waals surface area (Å²) in [4.78, 5) is 12.9. The van der Waals surface area contributed by atoms with Crippen molar-refractivity contribution in [3.05, 3.63) is 42.0 Å². The molecule has 3 rings (SSSR count). The van der Waals surface area contributed by atoms with Crippen molar-refractivity contribution in [1.29, 1.82) is 0 Å². The van der Waals surface area contributed by atoms with Crippen molar-refractivity contribution < 1.29 is 8.42 Å². The Kier molecular flexibility index (Phi) is 4.98. The minimum absolute atomic E-state index is 0.0758. The molecule has 1 fully saturated rings. The fraction of sp³-hybridized carbons (Fsp3) is 0.438. The summed E-state index contributed by atoms with van der Waals surface area (Å²) >= 11 is 0. The van der Waals surface area contributed by atoms with Gasteiger partial charge in [-0.3, -0.25) is 4.98 Å².